The molecule has 0 unspecified atom stereocenters. The Hall–Kier alpha value is -0.670. The molecular weight excluding hydrogens is 242 g/mol. The van der Waals surface area contributed by atoms with Crippen LogP contribution in [0.5, 0.6) is 0 Å². The van der Waals surface area contributed by atoms with Crippen molar-refractivity contribution in [2.75, 3.05) is 13.1 Å². The fourth-order valence-electron chi connectivity index (χ4n) is 3.30. The van der Waals surface area contributed by atoms with Crippen molar-refractivity contribution in [1.29, 1.82) is 0 Å². The van der Waals surface area contributed by atoms with Gasteiger partial charge in [-0.2, -0.15) is 11.3 Å². The first-order valence-electron chi connectivity index (χ1n) is 7.02. The molecule has 1 aromatic rings. The third-order valence-electron chi connectivity index (χ3n) is 4.26. The summed E-state index contributed by atoms with van der Waals surface area (Å²) in [6.45, 7) is 6.29. The van der Waals surface area contributed by atoms with Crippen molar-refractivity contribution in [3.05, 3.63) is 22.4 Å². The fourth-order valence-corrected chi connectivity index (χ4v) is 3.97. The number of hydrogen-bond acceptors (Lipinski definition) is 3. The van der Waals surface area contributed by atoms with Gasteiger partial charge >= 0.3 is 0 Å². The third kappa shape index (κ3) is 2.52. The van der Waals surface area contributed by atoms with Gasteiger partial charge in [0.25, 0.3) is 0 Å². The molecule has 1 aliphatic rings. The lowest BCUT2D eigenvalue weighted by molar-refractivity contribution is -0.130. The number of hydrogen-bond donors (Lipinski definition) is 0. The first kappa shape index (κ1) is 13.8. The van der Waals surface area contributed by atoms with Crippen LogP contribution in [0.4, 0.5) is 0 Å². The second-order valence-corrected chi connectivity index (χ2v) is 5.92. The van der Waals surface area contributed by atoms with E-state index in [2.05, 4.69) is 35.6 Å². The summed E-state index contributed by atoms with van der Waals surface area (Å²) in [5.74, 6) is 0.433. The number of nitrogens with zero attached hydrogens (tertiary/aromatic N) is 1. The summed E-state index contributed by atoms with van der Waals surface area (Å²) in [5, 5.41) is 4.16. The Labute approximate surface area is 114 Å². The average molecular weight is 265 g/mol. The van der Waals surface area contributed by atoms with Gasteiger partial charge < -0.3 is 0 Å². The molecule has 0 aliphatic heterocycles. The molecule has 1 saturated carbocycles. The zero-order valence-electron chi connectivity index (χ0n) is 11.4. The summed E-state index contributed by atoms with van der Waals surface area (Å²) in [6, 6.07) is 2.08. The van der Waals surface area contributed by atoms with Crippen LogP contribution in [-0.4, -0.2) is 29.3 Å². The summed E-state index contributed by atoms with van der Waals surface area (Å²) in [5.41, 5.74) is 1.02. The predicted octanol–water partition coefficient (Wildman–Crippen LogP) is 3.51. The SMILES string of the molecule is CCN(CC)C1(C(=O)Cc2ccsc2)CCCC1. The van der Waals surface area contributed by atoms with E-state index in [-0.39, 0.29) is 5.54 Å². The number of thiophene rings is 1. The zero-order valence-corrected chi connectivity index (χ0v) is 12.3. The maximum absolute atomic E-state index is 12.8. The van der Waals surface area contributed by atoms with Crippen LogP contribution in [0.25, 0.3) is 0 Å². The van der Waals surface area contributed by atoms with Gasteiger partial charge in [0.15, 0.2) is 5.78 Å². The highest BCUT2D eigenvalue weighted by atomic mass is 32.1. The summed E-state index contributed by atoms with van der Waals surface area (Å²) >= 11 is 1.68. The van der Waals surface area contributed by atoms with Crippen LogP contribution in [0.1, 0.15) is 45.1 Å². The van der Waals surface area contributed by atoms with E-state index in [4.69, 9.17) is 0 Å². The van der Waals surface area contributed by atoms with Crippen LogP contribution in [0.2, 0.25) is 0 Å². The zero-order chi connectivity index (χ0) is 13.0. The number of carbonyl (C=O) groups excluding carboxylic acids is 1. The van der Waals surface area contributed by atoms with E-state index in [1.54, 1.807) is 11.3 Å². The molecule has 100 valence electrons. The molecule has 18 heavy (non-hydrogen) atoms. The normalized spacial score (nSPS) is 18.4. The van der Waals surface area contributed by atoms with Gasteiger partial charge in [0.1, 0.15) is 0 Å². The van der Waals surface area contributed by atoms with Crippen LogP contribution in [0, 0.1) is 0 Å². The Morgan fingerprint density at radius 3 is 2.50 bits per heavy atom. The molecule has 0 N–H and O–H groups in total. The van der Waals surface area contributed by atoms with Crippen molar-refractivity contribution in [2.24, 2.45) is 0 Å². The first-order valence-corrected chi connectivity index (χ1v) is 7.96. The Morgan fingerprint density at radius 2 is 2.00 bits per heavy atom. The maximum atomic E-state index is 12.8. The van der Waals surface area contributed by atoms with E-state index >= 15 is 0 Å². The van der Waals surface area contributed by atoms with E-state index in [1.807, 2.05) is 0 Å². The summed E-state index contributed by atoms with van der Waals surface area (Å²) in [7, 11) is 0. The van der Waals surface area contributed by atoms with Crippen LogP contribution >= 0.6 is 11.3 Å². The van der Waals surface area contributed by atoms with Gasteiger partial charge in [-0.3, -0.25) is 9.69 Å². The van der Waals surface area contributed by atoms with Gasteiger partial charge in [0, 0.05) is 6.42 Å². The minimum absolute atomic E-state index is 0.161. The van der Waals surface area contributed by atoms with E-state index in [0.717, 1.165) is 25.9 Å². The third-order valence-corrected chi connectivity index (χ3v) is 5.00. The first-order chi connectivity index (χ1) is 8.73. The molecule has 2 rings (SSSR count). The molecule has 1 heterocycles. The number of ketones is 1. The van der Waals surface area contributed by atoms with E-state index < -0.39 is 0 Å². The van der Waals surface area contributed by atoms with E-state index in [1.165, 1.54) is 18.4 Å². The molecule has 1 aromatic heterocycles. The highest BCUT2D eigenvalue weighted by Crippen LogP contribution is 2.37. The summed E-state index contributed by atoms with van der Waals surface area (Å²) in [6.07, 6.45) is 5.12. The van der Waals surface area contributed by atoms with Crippen LogP contribution < -0.4 is 0 Å². The Kier molecular flexibility index (Phi) is 4.57. The van der Waals surface area contributed by atoms with Gasteiger partial charge in [-0.1, -0.05) is 26.7 Å². The Morgan fingerprint density at radius 1 is 1.33 bits per heavy atom. The molecule has 0 spiro atoms. The number of Topliss-reactive ketones (excluding diaryl/α,β-unsaturated/α-hetero) is 1. The second kappa shape index (κ2) is 5.98. The van der Waals surface area contributed by atoms with Crippen LogP contribution in [0.3, 0.4) is 0 Å². The maximum Gasteiger partial charge on any atom is 0.157 e. The predicted molar refractivity (Wildman–Crippen MR) is 77.2 cm³/mol. The molecule has 1 aliphatic carbocycles. The summed E-state index contributed by atoms with van der Waals surface area (Å²) < 4.78 is 0. The Bertz CT molecular complexity index is 375. The van der Waals surface area contributed by atoms with Gasteiger partial charge in [0.2, 0.25) is 0 Å². The molecule has 3 heteroatoms. The van der Waals surface area contributed by atoms with E-state index in [9.17, 15) is 4.79 Å². The number of rotatable bonds is 6. The average Bonchev–Trinajstić information content (AvgIpc) is 3.02. The highest BCUT2D eigenvalue weighted by Gasteiger charge is 2.44. The van der Waals surface area contributed by atoms with Crippen molar-refractivity contribution in [3.63, 3.8) is 0 Å². The van der Waals surface area contributed by atoms with E-state index in [0.29, 0.717) is 12.2 Å². The van der Waals surface area contributed by atoms with Crippen molar-refractivity contribution in [3.8, 4) is 0 Å². The number of carbonyl (C=O) groups is 1. The Balaban J connectivity index is 2.16. The van der Waals surface area contributed by atoms with Crippen molar-refractivity contribution in [1.82, 2.24) is 4.90 Å². The molecule has 1 fully saturated rings. The minimum atomic E-state index is -0.161. The van der Waals surface area contributed by atoms with Crippen LogP contribution in [-0.2, 0) is 11.2 Å². The monoisotopic (exact) mass is 265 g/mol. The number of likely N-dealkylation sites (N-methyl/N-ethyl adjacent to an activating group) is 1. The molecule has 0 aromatic carbocycles. The standard InChI is InChI=1S/C15H23NOS/c1-3-16(4-2)15(8-5-6-9-15)14(17)11-13-7-10-18-12-13/h7,10,12H,3-6,8-9,11H2,1-2H3. The molecule has 2 nitrogen and oxygen atoms in total. The van der Waals surface area contributed by atoms with Gasteiger partial charge in [-0.05, 0) is 48.3 Å². The summed E-state index contributed by atoms with van der Waals surface area (Å²) in [4.78, 5) is 15.1. The minimum Gasteiger partial charge on any atom is -0.297 e. The molecule has 0 amide bonds. The molecule has 0 radical (unpaired) electrons. The topological polar surface area (TPSA) is 20.3 Å². The lowest BCUT2D eigenvalue weighted by Gasteiger charge is -2.39. The second-order valence-electron chi connectivity index (χ2n) is 5.14. The lowest BCUT2D eigenvalue weighted by Crippen LogP contribution is -2.53. The van der Waals surface area contributed by atoms with Crippen LogP contribution in [0.15, 0.2) is 16.8 Å². The van der Waals surface area contributed by atoms with Crippen molar-refractivity contribution < 1.29 is 4.79 Å². The van der Waals surface area contributed by atoms with Crippen molar-refractivity contribution >= 4 is 17.1 Å². The molecular formula is C15H23NOS. The van der Waals surface area contributed by atoms with Gasteiger partial charge in [-0.15, -0.1) is 0 Å². The fraction of sp³-hybridized carbons (Fsp3) is 0.667. The van der Waals surface area contributed by atoms with Gasteiger partial charge in [0.05, 0.1) is 5.54 Å². The largest absolute Gasteiger partial charge is 0.297 e. The molecule has 0 bridgehead atoms. The molecule has 0 saturated heterocycles. The highest BCUT2D eigenvalue weighted by molar-refractivity contribution is 7.08. The lowest BCUT2D eigenvalue weighted by atomic mass is 9.86. The van der Waals surface area contributed by atoms with Crippen molar-refractivity contribution in [2.45, 2.75) is 51.5 Å². The smallest absolute Gasteiger partial charge is 0.157 e. The molecule has 0 atom stereocenters. The quantitative estimate of drug-likeness (QED) is 0.784. The van der Waals surface area contributed by atoms with Gasteiger partial charge in [-0.25, -0.2) is 0 Å².